The number of urea groups is 1. The number of amides is 2. The average molecular weight is 315 g/mol. The summed E-state index contributed by atoms with van der Waals surface area (Å²) >= 11 is 0. The number of fused-ring (bicyclic) bond motifs is 1. The summed E-state index contributed by atoms with van der Waals surface area (Å²) < 4.78 is 0. The summed E-state index contributed by atoms with van der Waals surface area (Å²) in [4.78, 5) is 22.1. The van der Waals surface area contributed by atoms with E-state index in [1.807, 2.05) is 24.4 Å². The number of carbonyl (C=O) groups excluding carboxylic acids is 1. The Hall–Kier alpha value is -2.08. The molecule has 0 aromatic carbocycles. The van der Waals surface area contributed by atoms with Crippen molar-refractivity contribution in [3.8, 4) is 0 Å². The molecule has 1 aliphatic rings. The van der Waals surface area contributed by atoms with Crippen LogP contribution < -0.4 is 10.6 Å². The van der Waals surface area contributed by atoms with Crippen LogP contribution in [0.1, 0.15) is 32.4 Å². The molecule has 2 amide bonds. The number of pyridine rings is 1. The van der Waals surface area contributed by atoms with Gasteiger partial charge in [0.2, 0.25) is 0 Å². The Morgan fingerprint density at radius 3 is 2.87 bits per heavy atom. The lowest BCUT2D eigenvalue weighted by Gasteiger charge is -2.31. The van der Waals surface area contributed by atoms with Crippen LogP contribution in [-0.2, 0) is 6.54 Å². The number of H-pyrrole nitrogens is 1. The predicted octanol–water partition coefficient (Wildman–Crippen LogP) is 2.24. The molecule has 2 aromatic heterocycles. The van der Waals surface area contributed by atoms with Crippen molar-refractivity contribution in [2.75, 3.05) is 19.6 Å². The molecule has 1 aliphatic heterocycles. The Morgan fingerprint density at radius 2 is 2.09 bits per heavy atom. The Labute approximate surface area is 136 Å². The van der Waals surface area contributed by atoms with E-state index in [0.717, 1.165) is 36.4 Å². The predicted molar refractivity (Wildman–Crippen MR) is 91.2 cm³/mol. The standard InChI is InChI=1S/C17H25N5O/c1-17(2,12-22-9-3-4-10-22)21-16(23)19-11-14-6-5-13-7-8-18-15(13)20-14/h5-8H,3-4,9-12H2,1-2H3,(H,18,20)(H2,19,21,23). The van der Waals surface area contributed by atoms with Crippen LogP contribution in [0.4, 0.5) is 4.79 Å². The summed E-state index contributed by atoms with van der Waals surface area (Å²) in [5, 5.41) is 7.02. The fourth-order valence-electron chi connectivity index (χ4n) is 3.13. The van der Waals surface area contributed by atoms with Gasteiger partial charge in [-0.3, -0.25) is 0 Å². The second-order valence-electron chi connectivity index (χ2n) is 6.89. The Morgan fingerprint density at radius 1 is 1.30 bits per heavy atom. The zero-order chi connectivity index (χ0) is 16.3. The zero-order valence-electron chi connectivity index (χ0n) is 13.9. The molecule has 3 rings (SSSR count). The molecule has 124 valence electrons. The topological polar surface area (TPSA) is 73.1 Å². The summed E-state index contributed by atoms with van der Waals surface area (Å²) in [6, 6.07) is 5.77. The summed E-state index contributed by atoms with van der Waals surface area (Å²) in [7, 11) is 0. The van der Waals surface area contributed by atoms with Gasteiger partial charge in [-0.05, 0) is 58.0 Å². The maximum Gasteiger partial charge on any atom is 0.315 e. The second-order valence-corrected chi connectivity index (χ2v) is 6.89. The van der Waals surface area contributed by atoms with Crippen LogP contribution >= 0.6 is 0 Å². The van der Waals surface area contributed by atoms with Crippen molar-refractivity contribution in [2.45, 2.75) is 38.8 Å². The number of aromatic nitrogens is 2. The molecule has 0 spiro atoms. The fraction of sp³-hybridized carbons (Fsp3) is 0.529. The summed E-state index contributed by atoms with van der Waals surface area (Å²) in [5.74, 6) is 0. The number of aromatic amines is 1. The minimum atomic E-state index is -0.245. The normalized spacial score (nSPS) is 15.9. The molecule has 1 fully saturated rings. The molecule has 0 atom stereocenters. The van der Waals surface area contributed by atoms with Crippen LogP contribution in [0.15, 0.2) is 24.4 Å². The first-order valence-corrected chi connectivity index (χ1v) is 8.23. The van der Waals surface area contributed by atoms with Gasteiger partial charge in [0.1, 0.15) is 5.65 Å². The maximum absolute atomic E-state index is 12.1. The van der Waals surface area contributed by atoms with E-state index in [0.29, 0.717) is 6.54 Å². The number of carbonyl (C=O) groups is 1. The van der Waals surface area contributed by atoms with Gasteiger partial charge in [0, 0.05) is 23.7 Å². The number of hydrogen-bond donors (Lipinski definition) is 3. The van der Waals surface area contributed by atoms with E-state index in [1.165, 1.54) is 12.8 Å². The van der Waals surface area contributed by atoms with Crippen molar-refractivity contribution in [2.24, 2.45) is 0 Å². The monoisotopic (exact) mass is 315 g/mol. The minimum absolute atomic E-state index is 0.150. The third-order valence-corrected chi connectivity index (χ3v) is 4.17. The first-order chi connectivity index (χ1) is 11.0. The second kappa shape index (κ2) is 6.58. The van der Waals surface area contributed by atoms with E-state index in [2.05, 4.69) is 39.3 Å². The van der Waals surface area contributed by atoms with Gasteiger partial charge in [-0.25, -0.2) is 9.78 Å². The third-order valence-electron chi connectivity index (χ3n) is 4.17. The first-order valence-electron chi connectivity index (χ1n) is 8.23. The highest BCUT2D eigenvalue weighted by atomic mass is 16.2. The van der Waals surface area contributed by atoms with E-state index >= 15 is 0 Å². The molecule has 6 heteroatoms. The molecule has 0 saturated carbocycles. The van der Waals surface area contributed by atoms with E-state index in [-0.39, 0.29) is 11.6 Å². The van der Waals surface area contributed by atoms with Gasteiger partial charge < -0.3 is 20.5 Å². The molecule has 0 aliphatic carbocycles. The van der Waals surface area contributed by atoms with Crippen LogP contribution in [0.25, 0.3) is 11.0 Å². The zero-order valence-corrected chi connectivity index (χ0v) is 13.9. The van der Waals surface area contributed by atoms with Gasteiger partial charge in [-0.2, -0.15) is 0 Å². The van der Waals surface area contributed by atoms with Gasteiger partial charge in [0.05, 0.1) is 12.2 Å². The van der Waals surface area contributed by atoms with Crippen LogP contribution in [0, 0.1) is 0 Å². The maximum atomic E-state index is 12.1. The molecule has 3 heterocycles. The largest absolute Gasteiger partial charge is 0.346 e. The molecule has 6 nitrogen and oxygen atoms in total. The van der Waals surface area contributed by atoms with Crippen molar-refractivity contribution in [3.05, 3.63) is 30.1 Å². The Kier molecular flexibility index (Phi) is 4.52. The minimum Gasteiger partial charge on any atom is -0.346 e. The molecule has 0 bridgehead atoms. The van der Waals surface area contributed by atoms with Gasteiger partial charge in [0.15, 0.2) is 0 Å². The molecule has 1 saturated heterocycles. The first kappa shape index (κ1) is 15.8. The van der Waals surface area contributed by atoms with Gasteiger partial charge in [0.25, 0.3) is 0 Å². The lowest BCUT2D eigenvalue weighted by molar-refractivity contribution is 0.209. The van der Waals surface area contributed by atoms with Crippen LogP contribution in [0.3, 0.4) is 0 Å². The molecule has 2 aromatic rings. The molecule has 0 unspecified atom stereocenters. The van der Waals surface area contributed by atoms with Crippen molar-refractivity contribution >= 4 is 17.1 Å². The van der Waals surface area contributed by atoms with Gasteiger partial charge in [-0.15, -0.1) is 0 Å². The molecular weight excluding hydrogens is 290 g/mol. The van der Waals surface area contributed by atoms with Crippen LogP contribution in [0.5, 0.6) is 0 Å². The Bertz CT molecular complexity index is 672. The smallest absolute Gasteiger partial charge is 0.315 e. The van der Waals surface area contributed by atoms with Crippen molar-refractivity contribution < 1.29 is 4.79 Å². The van der Waals surface area contributed by atoms with E-state index in [1.54, 1.807) is 0 Å². The van der Waals surface area contributed by atoms with Crippen molar-refractivity contribution in [1.29, 1.82) is 0 Å². The highest BCUT2D eigenvalue weighted by molar-refractivity contribution is 5.76. The number of nitrogens with one attached hydrogen (secondary N) is 3. The third kappa shape index (κ3) is 4.22. The fourth-order valence-corrected chi connectivity index (χ4v) is 3.13. The van der Waals surface area contributed by atoms with Gasteiger partial charge >= 0.3 is 6.03 Å². The Balaban J connectivity index is 1.50. The molecule has 23 heavy (non-hydrogen) atoms. The average Bonchev–Trinajstić information content (AvgIpc) is 3.14. The number of likely N-dealkylation sites (tertiary alicyclic amines) is 1. The highest BCUT2D eigenvalue weighted by Crippen LogP contribution is 2.13. The number of rotatable bonds is 5. The summed E-state index contributed by atoms with van der Waals surface area (Å²) in [6.07, 6.45) is 4.38. The quantitative estimate of drug-likeness (QED) is 0.792. The number of hydrogen-bond acceptors (Lipinski definition) is 3. The molecular formula is C17H25N5O. The van der Waals surface area contributed by atoms with Gasteiger partial charge in [-0.1, -0.05) is 0 Å². The van der Waals surface area contributed by atoms with Crippen molar-refractivity contribution in [3.63, 3.8) is 0 Å². The van der Waals surface area contributed by atoms with Crippen LogP contribution in [0.2, 0.25) is 0 Å². The van der Waals surface area contributed by atoms with E-state index < -0.39 is 0 Å². The van der Waals surface area contributed by atoms with E-state index in [4.69, 9.17) is 0 Å². The molecule has 3 N–H and O–H groups in total. The number of nitrogens with zero attached hydrogens (tertiary/aromatic N) is 2. The lowest BCUT2D eigenvalue weighted by atomic mass is 10.1. The SMILES string of the molecule is CC(C)(CN1CCCC1)NC(=O)NCc1ccc2cc[nH]c2n1. The molecule has 0 radical (unpaired) electrons. The van der Waals surface area contributed by atoms with Crippen LogP contribution in [-0.4, -0.2) is 46.1 Å². The van der Waals surface area contributed by atoms with E-state index in [9.17, 15) is 4.79 Å². The summed E-state index contributed by atoms with van der Waals surface area (Å²) in [5.41, 5.74) is 1.44. The highest BCUT2D eigenvalue weighted by Gasteiger charge is 2.25. The lowest BCUT2D eigenvalue weighted by Crippen LogP contribution is -2.53. The van der Waals surface area contributed by atoms with Crippen molar-refractivity contribution in [1.82, 2.24) is 25.5 Å². The summed E-state index contributed by atoms with van der Waals surface area (Å²) in [6.45, 7) is 7.69.